The number of aliphatic hydroxyl groups excluding tert-OH is 1. The van der Waals surface area contributed by atoms with Gasteiger partial charge >= 0.3 is 0 Å². The molecule has 226 valence electrons. The van der Waals surface area contributed by atoms with E-state index in [1.165, 1.54) is 18.8 Å². The number of hydrogen-bond acceptors (Lipinski definition) is 7. The molecule has 2 aromatic carbocycles. The van der Waals surface area contributed by atoms with Crippen LogP contribution in [0.4, 0.5) is 5.69 Å². The molecule has 3 atom stereocenters. The summed E-state index contributed by atoms with van der Waals surface area (Å²) in [6, 6.07) is 15.6. The van der Waals surface area contributed by atoms with Gasteiger partial charge in [-0.05, 0) is 60.9 Å². The smallest absolute Gasteiger partial charge is 0.297 e. The highest BCUT2D eigenvalue weighted by atomic mass is 16.5. The first-order chi connectivity index (χ1) is 20.7. The molecule has 0 unspecified atom stereocenters. The number of fused-ring (bicyclic) bond motifs is 1. The Balaban J connectivity index is 1.38. The molecule has 0 bridgehead atoms. The van der Waals surface area contributed by atoms with E-state index in [-0.39, 0.29) is 42.8 Å². The maximum Gasteiger partial charge on any atom is 0.297 e. The van der Waals surface area contributed by atoms with Gasteiger partial charge in [-0.25, -0.2) is 0 Å². The zero-order valence-electron chi connectivity index (χ0n) is 24.6. The van der Waals surface area contributed by atoms with Crippen LogP contribution < -0.4 is 19.9 Å². The number of hydrogen-bond donors (Lipinski definition) is 2. The fourth-order valence-electron chi connectivity index (χ4n) is 5.97. The number of amides is 2. The molecule has 0 radical (unpaired) electrons. The fraction of sp³-hybridized carbons (Fsp3) is 0.364. The summed E-state index contributed by atoms with van der Waals surface area (Å²) in [5, 5.41) is 21.6. The van der Waals surface area contributed by atoms with Crippen molar-refractivity contribution in [3.05, 3.63) is 94.4 Å². The van der Waals surface area contributed by atoms with Crippen LogP contribution >= 0.6 is 0 Å². The van der Waals surface area contributed by atoms with Gasteiger partial charge in [-0.1, -0.05) is 31.2 Å². The molecule has 2 amide bonds. The first kappa shape index (κ1) is 30.1. The number of likely N-dealkylation sites (tertiary alicyclic amines) is 1. The monoisotopic (exact) mass is 587 g/mol. The Labute approximate surface area is 250 Å². The van der Waals surface area contributed by atoms with Gasteiger partial charge in [0.2, 0.25) is 5.91 Å². The maximum absolute atomic E-state index is 14.0. The number of rotatable bonds is 10. The van der Waals surface area contributed by atoms with Gasteiger partial charge in [-0.15, -0.1) is 0 Å². The molecule has 2 aliphatic heterocycles. The number of pyridine rings is 1. The van der Waals surface area contributed by atoms with Crippen LogP contribution in [0.15, 0.2) is 77.7 Å². The summed E-state index contributed by atoms with van der Waals surface area (Å²) in [6.45, 7) is 2.50. The lowest BCUT2D eigenvalue weighted by atomic mass is 9.83. The van der Waals surface area contributed by atoms with E-state index in [0.29, 0.717) is 29.2 Å². The van der Waals surface area contributed by atoms with Crippen LogP contribution in [0.5, 0.6) is 11.5 Å². The number of aliphatic hydroxyl groups is 2. The second-order valence-corrected chi connectivity index (χ2v) is 10.9. The number of ether oxygens (including phenoxy) is 2. The normalized spacial score (nSPS) is 20.5. The average Bonchev–Trinajstić information content (AvgIpc) is 3.59. The van der Waals surface area contributed by atoms with Crippen molar-refractivity contribution < 1.29 is 29.3 Å². The summed E-state index contributed by atoms with van der Waals surface area (Å²) in [7, 11) is 2.97. The predicted octanol–water partition coefficient (Wildman–Crippen LogP) is 3.15. The molecule has 0 aliphatic carbocycles. The second kappa shape index (κ2) is 12.4. The number of aromatic nitrogens is 1. The molecule has 3 aromatic rings. The zero-order valence-corrected chi connectivity index (χ0v) is 24.6. The molecule has 43 heavy (non-hydrogen) atoms. The molecule has 3 heterocycles. The third-order valence-corrected chi connectivity index (χ3v) is 8.45. The summed E-state index contributed by atoms with van der Waals surface area (Å²) < 4.78 is 12.0. The van der Waals surface area contributed by atoms with Crippen LogP contribution in [0.3, 0.4) is 0 Å². The van der Waals surface area contributed by atoms with Gasteiger partial charge < -0.3 is 29.5 Å². The maximum atomic E-state index is 14.0. The standard InChI is InChI=1S/C33H37N3O7/c1-22(7-4-10-30(38)34-17-5-8-25(34)21-37)33(41)27-19-26(42-2)15-16-28(27)36(32(33)40)20-23-11-13-24(14-12-23)35-18-6-9-29(43-3)31(35)39/h4,6-7,9,11-16,18-19,22,25,37,41H,5,8,10,17,20-21H2,1-3H3/b7-4+/t22-,25-,33+/m0/s1. The van der Waals surface area contributed by atoms with Crippen molar-refractivity contribution in [2.75, 3.05) is 32.3 Å². The van der Waals surface area contributed by atoms with Gasteiger partial charge in [0.15, 0.2) is 11.4 Å². The van der Waals surface area contributed by atoms with Crippen LogP contribution in [0.1, 0.15) is 37.3 Å². The third kappa shape index (κ3) is 5.55. The second-order valence-electron chi connectivity index (χ2n) is 10.9. The molecule has 10 nitrogen and oxygen atoms in total. The highest BCUT2D eigenvalue weighted by Gasteiger charge is 2.52. The summed E-state index contributed by atoms with van der Waals surface area (Å²) in [4.78, 5) is 42.6. The van der Waals surface area contributed by atoms with E-state index in [0.717, 1.165) is 18.4 Å². The molecule has 0 saturated carbocycles. The van der Waals surface area contributed by atoms with Crippen molar-refractivity contribution >= 4 is 17.5 Å². The van der Waals surface area contributed by atoms with Crippen LogP contribution in [-0.2, 0) is 21.7 Å². The number of carbonyl (C=O) groups is 2. The number of benzene rings is 2. The van der Waals surface area contributed by atoms with Gasteiger partial charge in [0.05, 0.1) is 39.1 Å². The Morgan fingerprint density at radius 3 is 2.58 bits per heavy atom. The predicted molar refractivity (Wildman–Crippen MR) is 161 cm³/mol. The van der Waals surface area contributed by atoms with Crippen molar-refractivity contribution in [3.63, 3.8) is 0 Å². The van der Waals surface area contributed by atoms with Gasteiger partial charge in [-0.2, -0.15) is 0 Å². The highest BCUT2D eigenvalue weighted by molar-refractivity contribution is 6.07. The minimum Gasteiger partial charge on any atom is -0.497 e. The number of anilines is 1. The molecule has 1 aromatic heterocycles. The van der Waals surface area contributed by atoms with E-state index in [2.05, 4.69) is 0 Å². The molecular formula is C33H37N3O7. The number of nitrogens with zero attached hydrogens (tertiary/aromatic N) is 3. The van der Waals surface area contributed by atoms with Crippen molar-refractivity contribution in [1.29, 1.82) is 0 Å². The summed E-state index contributed by atoms with van der Waals surface area (Å²) >= 11 is 0. The topological polar surface area (TPSA) is 122 Å². The Morgan fingerprint density at radius 1 is 1.12 bits per heavy atom. The van der Waals surface area contributed by atoms with Crippen LogP contribution in [-0.4, -0.2) is 64.9 Å². The average molecular weight is 588 g/mol. The molecule has 2 aliphatic rings. The molecule has 10 heteroatoms. The molecular weight excluding hydrogens is 550 g/mol. The summed E-state index contributed by atoms with van der Waals surface area (Å²) in [5.74, 6) is -0.479. The molecule has 0 spiro atoms. The van der Waals surface area contributed by atoms with Gasteiger partial charge in [0.1, 0.15) is 5.75 Å². The van der Waals surface area contributed by atoms with Crippen LogP contribution in [0, 0.1) is 5.92 Å². The quantitative estimate of drug-likeness (QED) is 0.350. The zero-order chi connectivity index (χ0) is 30.7. The minimum absolute atomic E-state index is 0.0587. The third-order valence-electron chi connectivity index (χ3n) is 8.45. The number of carbonyl (C=O) groups excluding carboxylic acids is 2. The van der Waals surface area contributed by atoms with E-state index >= 15 is 0 Å². The van der Waals surface area contributed by atoms with Crippen molar-refractivity contribution in [3.8, 4) is 17.2 Å². The lowest BCUT2D eigenvalue weighted by Gasteiger charge is -2.28. The molecule has 1 fully saturated rings. The summed E-state index contributed by atoms with van der Waals surface area (Å²) in [5.41, 5.74) is 0.295. The summed E-state index contributed by atoms with van der Waals surface area (Å²) in [6.07, 6.45) is 6.81. The Morgan fingerprint density at radius 2 is 1.88 bits per heavy atom. The highest BCUT2D eigenvalue weighted by Crippen LogP contribution is 2.47. The first-order valence-corrected chi connectivity index (χ1v) is 14.4. The van der Waals surface area contributed by atoms with Gasteiger partial charge in [0.25, 0.3) is 11.5 Å². The minimum atomic E-state index is -1.88. The Bertz CT molecular complexity index is 1580. The first-order valence-electron chi connectivity index (χ1n) is 14.4. The van der Waals surface area contributed by atoms with E-state index in [9.17, 15) is 24.6 Å². The molecule has 1 saturated heterocycles. The molecule has 2 N–H and O–H groups in total. The SMILES string of the molecule is COc1ccc2c(c1)[C@](O)([C@@H](C)/C=C/CC(=O)N1CCC[C@H]1CO)C(=O)N2Cc1ccc(-n2cccc(OC)c2=O)cc1. The largest absolute Gasteiger partial charge is 0.497 e. The van der Waals surface area contributed by atoms with E-state index in [1.807, 2.05) is 12.1 Å². The Hall–Kier alpha value is -4.41. The lowest BCUT2D eigenvalue weighted by molar-refractivity contribution is -0.139. The fourth-order valence-corrected chi connectivity index (χ4v) is 5.97. The van der Waals surface area contributed by atoms with E-state index < -0.39 is 17.4 Å². The van der Waals surface area contributed by atoms with E-state index in [4.69, 9.17) is 9.47 Å². The number of methoxy groups -OCH3 is 2. The van der Waals surface area contributed by atoms with Crippen molar-refractivity contribution in [2.24, 2.45) is 5.92 Å². The molecule has 5 rings (SSSR count). The van der Waals surface area contributed by atoms with Crippen molar-refractivity contribution in [2.45, 2.75) is 44.4 Å². The van der Waals surface area contributed by atoms with Crippen LogP contribution in [0.2, 0.25) is 0 Å². The van der Waals surface area contributed by atoms with Gasteiger partial charge in [0, 0.05) is 36.3 Å². The lowest BCUT2D eigenvalue weighted by Crippen LogP contribution is -2.44. The van der Waals surface area contributed by atoms with Gasteiger partial charge in [-0.3, -0.25) is 19.0 Å². The van der Waals surface area contributed by atoms with Crippen molar-refractivity contribution in [1.82, 2.24) is 9.47 Å². The van der Waals surface area contributed by atoms with Crippen LogP contribution in [0.25, 0.3) is 5.69 Å². The van der Waals surface area contributed by atoms with E-state index in [1.54, 1.807) is 77.5 Å². The Kier molecular flexibility index (Phi) is 8.70.